The van der Waals surface area contributed by atoms with E-state index in [1.165, 1.54) is 0 Å². The maximum Gasteiger partial charge on any atom is 0.227 e. The summed E-state index contributed by atoms with van der Waals surface area (Å²) in [6, 6.07) is 4.15. The molecule has 1 saturated carbocycles. The van der Waals surface area contributed by atoms with Gasteiger partial charge in [-0.2, -0.15) is 5.10 Å². The SMILES string of the molecule is Cc1cc(NC(=O)C2CCC(n3cccn3)CC2)c(Cl)cn1. The van der Waals surface area contributed by atoms with Gasteiger partial charge in [0.15, 0.2) is 0 Å². The van der Waals surface area contributed by atoms with Crippen molar-refractivity contribution >= 4 is 23.2 Å². The summed E-state index contributed by atoms with van der Waals surface area (Å²) >= 11 is 6.08. The van der Waals surface area contributed by atoms with Crippen molar-refractivity contribution in [3.05, 3.63) is 41.4 Å². The van der Waals surface area contributed by atoms with Crippen molar-refractivity contribution < 1.29 is 4.79 Å². The van der Waals surface area contributed by atoms with Gasteiger partial charge in [0.2, 0.25) is 5.91 Å². The van der Waals surface area contributed by atoms with Gasteiger partial charge < -0.3 is 5.32 Å². The Balaban J connectivity index is 1.59. The highest BCUT2D eigenvalue weighted by atomic mass is 35.5. The van der Waals surface area contributed by atoms with Gasteiger partial charge in [0.1, 0.15) is 0 Å². The lowest BCUT2D eigenvalue weighted by atomic mass is 9.85. The van der Waals surface area contributed by atoms with E-state index in [1.807, 2.05) is 23.9 Å². The van der Waals surface area contributed by atoms with Crippen LogP contribution in [0.4, 0.5) is 5.69 Å². The second-order valence-corrected chi connectivity index (χ2v) is 6.19. The number of amides is 1. The molecule has 0 aromatic carbocycles. The number of nitrogens with one attached hydrogen (secondary N) is 1. The number of hydrogen-bond acceptors (Lipinski definition) is 3. The molecule has 22 heavy (non-hydrogen) atoms. The third-order valence-electron chi connectivity index (χ3n) is 4.22. The first-order valence-corrected chi connectivity index (χ1v) is 7.93. The van der Waals surface area contributed by atoms with Gasteiger partial charge >= 0.3 is 0 Å². The minimum absolute atomic E-state index is 0.0383. The van der Waals surface area contributed by atoms with Crippen LogP contribution in [0, 0.1) is 12.8 Å². The average molecular weight is 319 g/mol. The van der Waals surface area contributed by atoms with Crippen LogP contribution >= 0.6 is 11.6 Å². The zero-order valence-corrected chi connectivity index (χ0v) is 13.3. The molecule has 0 bridgehead atoms. The van der Waals surface area contributed by atoms with Gasteiger partial charge in [0, 0.05) is 30.2 Å². The Labute approximate surface area is 134 Å². The fourth-order valence-corrected chi connectivity index (χ4v) is 3.12. The van der Waals surface area contributed by atoms with E-state index in [1.54, 1.807) is 18.5 Å². The van der Waals surface area contributed by atoms with Gasteiger partial charge in [0.25, 0.3) is 0 Å². The van der Waals surface area contributed by atoms with Crippen LogP contribution in [0.25, 0.3) is 0 Å². The van der Waals surface area contributed by atoms with Crippen LogP contribution in [0.1, 0.15) is 37.4 Å². The molecule has 0 aliphatic heterocycles. The average Bonchev–Trinajstić information content (AvgIpc) is 3.05. The predicted molar refractivity (Wildman–Crippen MR) is 85.8 cm³/mol. The smallest absolute Gasteiger partial charge is 0.227 e. The zero-order chi connectivity index (χ0) is 15.5. The van der Waals surface area contributed by atoms with E-state index in [4.69, 9.17) is 11.6 Å². The summed E-state index contributed by atoms with van der Waals surface area (Å²) in [5.41, 5.74) is 1.48. The van der Waals surface area contributed by atoms with E-state index >= 15 is 0 Å². The van der Waals surface area contributed by atoms with Gasteiger partial charge in [-0.05, 0) is 44.7 Å². The summed E-state index contributed by atoms with van der Waals surface area (Å²) < 4.78 is 2.00. The van der Waals surface area contributed by atoms with Gasteiger partial charge in [-0.1, -0.05) is 11.6 Å². The summed E-state index contributed by atoms with van der Waals surface area (Å²) in [4.78, 5) is 16.5. The van der Waals surface area contributed by atoms with Crippen molar-refractivity contribution in [1.29, 1.82) is 0 Å². The molecule has 0 saturated heterocycles. The number of carbonyl (C=O) groups is 1. The summed E-state index contributed by atoms with van der Waals surface area (Å²) in [5, 5.41) is 7.70. The van der Waals surface area contributed by atoms with Crippen molar-refractivity contribution in [2.45, 2.75) is 38.6 Å². The minimum Gasteiger partial charge on any atom is -0.324 e. The summed E-state index contributed by atoms with van der Waals surface area (Å²) in [7, 11) is 0. The molecule has 5 nitrogen and oxygen atoms in total. The summed E-state index contributed by atoms with van der Waals surface area (Å²) in [6.07, 6.45) is 9.06. The van der Waals surface area contributed by atoms with E-state index < -0.39 is 0 Å². The molecule has 1 fully saturated rings. The molecule has 1 aliphatic rings. The highest BCUT2D eigenvalue weighted by molar-refractivity contribution is 6.33. The maximum atomic E-state index is 12.4. The van der Waals surface area contributed by atoms with E-state index in [0.717, 1.165) is 31.4 Å². The minimum atomic E-state index is 0.0383. The lowest BCUT2D eigenvalue weighted by Crippen LogP contribution is -2.28. The molecular formula is C16H19ClN4O. The molecule has 2 heterocycles. The molecule has 1 N–H and O–H groups in total. The molecule has 1 aliphatic carbocycles. The number of aryl methyl sites for hydroxylation is 1. The number of hydrogen-bond donors (Lipinski definition) is 1. The standard InChI is InChI=1S/C16H19ClN4O/c1-11-9-15(14(17)10-18-11)20-16(22)12-3-5-13(6-4-12)21-8-2-7-19-21/h2,7-10,12-13H,3-6H2,1H3,(H,18,20,22). The normalized spacial score (nSPS) is 21.5. The quantitative estimate of drug-likeness (QED) is 0.940. The van der Waals surface area contributed by atoms with Crippen molar-refractivity contribution in [3.8, 4) is 0 Å². The highest BCUT2D eigenvalue weighted by Gasteiger charge is 2.27. The number of anilines is 1. The molecule has 2 aromatic rings. The van der Waals surface area contributed by atoms with Crippen molar-refractivity contribution in [3.63, 3.8) is 0 Å². The Hall–Kier alpha value is -1.88. The number of nitrogens with zero attached hydrogens (tertiary/aromatic N) is 3. The first-order chi connectivity index (χ1) is 10.6. The summed E-state index contributed by atoms with van der Waals surface area (Å²) in [5.74, 6) is 0.0859. The number of carbonyl (C=O) groups excluding carboxylic acids is 1. The van der Waals surface area contributed by atoms with Crippen LogP contribution < -0.4 is 5.32 Å². The number of aromatic nitrogens is 3. The van der Waals surface area contributed by atoms with Gasteiger partial charge in [-0.3, -0.25) is 14.5 Å². The van der Waals surface area contributed by atoms with Crippen LogP contribution in [-0.4, -0.2) is 20.7 Å². The lowest BCUT2D eigenvalue weighted by Gasteiger charge is -2.28. The Morgan fingerprint density at radius 3 is 2.82 bits per heavy atom. The molecule has 2 aromatic heterocycles. The Morgan fingerprint density at radius 1 is 1.36 bits per heavy atom. The highest BCUT2D eigenvalue weighted by Crippen LogP contribution is 2.33. The molecule has 0 spiro atoms. The third kappa shape index (κ3) is 3.30. The molecule has 0 atom stereocenters. The van der Waals surface area contributed by atoms with Crippen molar-refractivity contribution in [2.75, 3.05) is 5.32 Å². The monoisotopic (exact) mass is 318 g/mol. The lowest BCUT2D eigenvalue weighted by molar-refractivity contribution is -0.121. The second kappa shape index (κ2) is 6.48. The first-order valence-electron chi connectivity index (χ1n) is 7.55. The molecule has 0 unspecified atom stereocenters. The van der Waals surface area contributed by atoms with Crippen LogP contribution in [0.3, 0.4) is 0 Å². The molecular weight excluding hydrogens is 300 g/mol. The van der Waals surface area contributed by atoms with Crippen LogP contribution in [-0.2, 0) is 4.79 Å². The molecule has 116 valence electrons. The van der Waals surface area contributed by atoms with Gasteiger partial charge in [0.05, 0.1) is 16.8 Å². The first kappa shape index (κ1) is 15.0. The number of rotatable bonds is 3. The zero-order valence-electron chi connectivity index (χ0n) is 12.5. The van der Waals surface area contributed by atoms with E-state index in [9.17, 15) is 4.79 Å². The third-order valence-corrected chi connectivity index (χ3v) is 4.52. The number of halogens is 1. The van der Waals surface area contributed by atoms with Crippen molar-refractivity contribution in [1.82, 2.24) is 14.8 Å². The molecule has 6 heteroatoms. The fourth-order valence-electron chi connectivity index (χ4n) is 2.97. The number of pyridine rings is 1. The Morgan fingerprint density at radius 2 is 2.14 bits per heavy atom. The second-order valence-electron chi connectivity index (χ2n) is 5.79. The Bertz CT molecular complexity index is 648. The van der Waals surface area contributed by atoms with Gasteiger partial charge in [-0.25, -0.2) is 0 Å². The van der Waals surface area contributed by atoms with E-state index in [-0.39, 0.29) is 11.8 Å². The fraction of sp³-hybridized carbons (Fsp3) is 0.438. The van der Waals surface area contributed by atoms with Crippen molar-refractivity contribution in [2.24, 2.45) is 5.92 Å². The van der Waals surface area contributed by atoms with E-state index in [0.29, 0.717) is 16.8 Å². The Kier molecular flexibility index (Phi) is 4.43. The summed E-state index contributed by atoms with van der Waals surface area (Å²) in [6.45, 7) is 1.88. The molecule has 3 rings (SSSR count). The van der Waals surface area contributed by atoms with Crippen LogP contribution in [0.15, 0.2) is 30.7 Å². The van der Waals surface area contributed by atoms with Crippen LogP contribution in [0.2, 0.25) is 5.02 Å². The molecule has 0 radical (unpaired) electrons. The largest absolute Gasteiger partial charge is 0.324 e. The van der Waals surface area contributed by atoms with Crippen LogP contribution in [0.5, 0.6) is 0 Å². The van der Waals surface area contributed by atoms with Gasteiger partial charge in [-0.15, -0.1) is 0 Å². The topological polar surface area (TPSA) is 59.8 Å². The van der Waals surface area contributed by atoms with E-state index in [2.05, 4.69) is 15.4 Å². The predicted octanol–water partition coefficient (Wildman–Crippen LogP) is 3.61. The molecule has 1 amide bonds. The maximum absolute atomic E-state index is 12.4.